The maximum Gasteiger partial charge on any atom is 0.412 e. The van der Waals surface area contributed by atoms with Gasteiger partial charge < -0.3 is 9.53 Å². The Bertz CT molecular complexity index is 1330. The van der Waals surface area contributed by atoms with E-state index in [1.165, 1.54) is 11.5 Å². The molecule has 5 nitrogen and oxygen atoms in total. The summed E-state index contributed by atoms with van der Waals surface area (Å²) in [7, 11) is 0. The van der Waals surface area contributed by atoms with Crippen LogP contribution in [0.1, 0.15) is 27.3 Å². The second-order valence-corrected chi connectivity index (χ2v) is 7.95. The van der Waals surface area contributed by atoms with Gasteiger partial charge >= 0.3 is 6.09 Å². The molecule has 0 radical (unpaired) electrons. The number of hydrogen-bond acceptors (Lipinski definition) is 5. The van der Waals surface area contributed by atoms with Crippen molar-refractivity contribution in [3.63, 3.8) is 0 Å². The highest BCUT2D eigenvalue weighted by molar-refractivity contribution is 7.07. The van der Waals surface area contributed by atoms with Gasteiger partial charge in [-0.1, -0.05) is 60.5 Å². The number of nitrogens with zero attached hydrogens (tertiary/aromatic N) is 1. The molecule has 6 heteroatoms. The molecule has 1 heterocycles. The van der Waals surface area contributed by atoms with Crippen LogP contribution in [0.25, 0.3) is 10.8 Å². The summed E-state index contributed by atoms with van der Waals surface area (Å²) in [4.78, 5) is 23.6. The van der Waals surface area contributed by atoms with Gasteiger partial charge in [-0.2, -0.15) is 4.37 Å². The smallest absolute Gasteiger partial charge is 0.412 e. The number of fused-ring (bicyclic) bond motifs is 1. The minimum atomic E-state index is -0.544. The van der Waals surface area contributed by atoms with Crippen LogP contribution in [0.3, 0.4) is 0 Å². The maximum absolute atomic E-state index is 12.3. The standard InChI is InChI=1S/C26H20N2O3S/c1-18-25(27-26(30)31-17-21-5-3-2-4-6-21)24(32-28-18)12-9-19-7-10-23-16-20(13-14-29)8-11-22(23)15-19/h2-8,10-11,14-16H,13,17H2,1H3,(H,27,30). The first-order valence-electron chi connectivity index (χ1n) is 10.0. The molecule has 0 saturated carbocycles. The van der Waals surface area contributed by atoms with E-state index in [4.69, 9.17) is 4.74 Å². The van der Waals surface area contributed by atoms with Gasteiger partial charge in [-0.15, -0.1) is 0 Å². The lowest BCUT2D eigenvalue weighted by molar-refractivity contribution is -0.107. The van der Waals surface area contributed by atoms with E-state index in [9.17, 15) is 9.59 Å². The summed E-state index contributed by atoms with van der Waals surface area (Å²) in [6, 6.07) is 21.4. The fourth-order valence-corrected chi connectivity index (χ4v) is 3.89. The first-order valence-corrected chi connectivity index (χ1v) is 10.8. The van der Waals surface area contributed by atoms with Crippen LogP contribution in [0, 0.1) is 18.8 Å². The summed E-state index contributed by atoms with van der Waals surface area (Å²) in [5.74, 6) is 6.27. The fourth-order valence-electron chi connectivity index (χ4n) is 3.19. The number of benzene rings is 3. The average Bonchev–Trinajstić information content (AvgIpc) is 3.16. The average molecular weight is 441 g/mol. The predicted octanol–water partition coefficient (Wildman–Crippen LogP) is 5.49. The van der Waals surface area contributed by atoms with E-state index in [1.54, 1.807) is 0 Å². The zero-order chi connectivity index (χ0) is 22.3. The number of aldehydes is 1. The minimum Gasteiger partial charge on any atom is -0.444 e. The number of amides is 1. The van der Waals surface area contributed by atoms with Gasteiger partial charge in [0.2, 0.25) is 0 Å². The van der Waals surface area contributed by atoms with Crippen molar-refractivity contribution in [1.82, 2.24) is 4.37 Å². The lowest BCUT2D eigenvalue weighted by atomic mass is 10.0. The van der Waals surface area contributed by atoms with Crippen LogP contribution in [0.15, 0.2) is 66.7 Å². The maximum atomic E-state index is 12.3. The normalized spacial score (nSPS) is 10.3. The zero-order valence-electron chi connectivity index (χ0n) is 17.4. The van der Waals surface area contributed by atoms with Crippen molar-refractivity contribution in [3.8, 4) is 11.8 Å². The number of aromatic nitrogens is 1. The molecule has 32 heavy (non-hydrogen) atoms. The quantitative estimate of drug-likeness (QED) is 0.329. The molecule has 1 N–H and O–H groups in total. The van der Waals surface area contributed by atoms with Gasteiger partial charge in [0.1, 0.15) is 17.8 Å². The SMILES string of the molecule is Cc1nsc(C#Cc2ccc3cc(CC=O)ccc3c2)c1NC(=O)OCc1ccccc1. The van der Waals surface area contributed by atoms with Crippen molar-refractivity contribution < 1.29 is 14.3 Å². The molecule has 0 atom stereocenters. The molecule has 1 aromatic heterocycles. The van der Waals surface area contributed by atoms with Crippen LogP contribution in [-0.4, -0.2) is 16.8 Å². The second kappa shape index (κ2) is 9.90. The summed E-state index contributed by atoms with van der Waals surface area (Å²) in [6.45, 7) is 2.01. The van der Waals surface area contributed by atoms with Crippen molar-refractivity contribution >= 4 is 40.4 Å². The number of rotatable bonds is 5. The number of carbonyl (C=O) groups excluding carboxylic acids is 2. The lowest BCUT2D eigenvalue weighted by Crippen LogP contribution is -2.14. The molecule has 4 rings (SSSR count). The number of anilines is 1. The number of hydrogen-bond donors (Lipinski definition) is 1. The zero-order valence-corrected chi connectivity index (χ0v) is 18.2. The lowest BCUT2D eigenvalue weighted by Gasteiger charge is -2.07. The Morgan fingerprint density at radius 3 is 2.62 bits per heavy atom. The molecule has 0 aliphatic rings. The van der Waals surface area contributed by atoms with Gasteiger partial charge in [-0.3, -0.25) is 5.32 Å². The Morgan fingerprint density at radius 1 is 1.03 bits per heavy atom. The highest BCUT2D eigenvalue weighted by Crippen LogP contribution is 2.24. The Kier molecular flexibility index (Phi) is 6.59. The van der Waals surface area contributed by atoms with Gasteiger partial charge in [0.25, 0.3) is 0 Å². The second-order valence-electron chi connectivity index (χ2n) is 7.18. The van der Waals surface area contributed by atoms with Crippen LogP contribution < -0.4 is 5.32 Å². The fraction of sp³-hybridized carbons (Fsp3) is 0.115. The molecule has 0 bridgehead atoms. The Labute approximate surface area is 190 Å². The highest BCUT2D eigenvalue weighted by Gasteiger charge is 2.13. The molecule has 0 fully saturated rings. The first kappa shape index (κ1) is 21.3. The third kappa shape index (κ3) is 5.20. The van der Waals surface area contributed by atoms with Crippen LogP contribution in [0.5, 0.6) is 0 Å². The van der Waals surface area contributed by atoms with Crippen LogP contribution in [0.2, 0.25) is 0 Å². The van der Waals surface area contributed by atoms with Crippen LogP contribution in [0.4, 0.5) is 10.5 Å². The molecule has 0 saturated heterocycles. The Morgan fingerprint density at radius 2 is 1.81 bits per heavy atom. The third-order valence-electron chi connectivity index (χ3n) is 4.85. The monoisotopic (exact) mass is 440 g/mol. The Hall–Kier alpha value is -3.95. The van der Waals surface area contributed by atoms with Crippen molar-refractivity contribution in [2.45, 2.75) is 20.0 Å². The van der Waals surface area contributed by atoms with Gasteiger partial charge in [-0.05, 0) is 58.4 Å². The van der Waals surface area contributed by atoms with E-state index in [-0.39, 0.29) is 6.61 Å². The van der Waals surface area contributed by atoms with E-state index in [1.807, 2.05) is 73.7 Å². The van der Waals surface area contributed by atoms with Crippen molar-refractivity contribution in [1.29, 1.82) is 0 Å². The van der Waals surface area contributed by atoms with E-state index in [0.717, 1.165) is 33.7 Å². The minimum absolute atomic E-state index is 0.190. The molecule has 4 aromatic rings. The van der Waals surface area contributed by atoms with Gasteiger partial charge in [0.15, 0.2) is 0 Å². The first-order chi connectivity index (χ1) is 15.6. The van der Waals surface area contributed by atoms with E-state index in [2.05, 4.69) is 21.5 Å². The molecular formula is C26H20N2O3S. The number of ether oxygens (including phenoxy) is 1. The number of nitrogens with one attached hydrogen (secondary N) is 1. The molecule has 158 valence electrons. The summed E-state index contributed by atoms with van der Waals surface area (Å²) < 4.78 is 9.62. The largest absolute Gasteiger partial charge is 0.444 e. The molecule has 1 amide bonds. The van der Waals surface area contributed by atoms with E-state index < -0.39 is 6.09 Å². The van der Waals surface area contributed by atoms with Crippen LogP contribution in [-0.2, 0) is 22.6 Å². The molecule has 3 aromatic carbocycles. The molecule has 0 aliphatic heterocycles. The molecular weight excluding hydrogens is 420 g/mol. The third-order valence-corrected chi connectivity index (χ3v) is 5.70. The van der Waals surface area contributed by atoms with Crippen molar-refractivity contribution in [2.24, 2.45) is 0 Å². The Balaban J connectivity index is 1.48. The predicted molar refractivity (Wildman–Crippen MR) is 127 cm³/mol. The van der Waals surface area contributed by atoms with Crippen molar-refractivity contribution in [2.75, 3.05) is 5.32 Å². The molecule has 0 spiro atoms. The topological polar surface area (TPSA) is 68.3 Å². The van der Waals surface area contributed by atoms with Gasteiger partial charge in [-0.25, -0.2) is 4.79 Å². The van der Waals surface area contributed by atoms with E-state index in [0.29, 0.717) is 22.7 Å². The molecule has 0 aliphatic carbocycles. The van der Waals surface area contributed by atoms with Gasteiger partial charge in [0.05, 0.1) is 11.4 Å². The number of carbonyl (C=O) groups is 2. The molecule has 0 unspecified atom stereocenters. The summed E-state index contributed by atoms with van der Waals surface area (Å²) in [5, 5.41) is 4.88. The van der Waals surface area contributed by atoms with Crippen molar-refractivity contribution in [3.05, 3.63) is 94.0 Å². The van der Waals surface area contributed by atoms with Crippen LogP contribution >= 0.6 is 11.5 Å². The summed E-state index contributed by atoms with van der Waals surface area (Å²) in [5.41, 5.74) is 4.01. The van der Waals surface area contributed by atoms with E-state index >= 15 is 0 Å². The summed E-state index contributed by atoms with van der Waals surface area (Å²) in [6.07, 6.45) is 0.768. The van der Waals surface area contributed by atoms with Gasteiger partial charge in [0, 0.05) is 12.0 Å². The summed E-state index contributed by atoms with van der Waals surface area (Å²) >= 11 is 1.24. The number of aryl methyl sites for hydroxylation is 1. The highest BCUT2D eigenvalue weighted by atomic mass is 32.1.